The molecule has 0 amide bonds. The fourth-order valence-corrected chi connectivity index (χ4v) is 2.97. The van der Waals surface area contributed by atoms with Crippen LogP contribution >= 0.6 is 23.2 Å². The summed E-state index contributed by atoms with van der Waals surface area (Å²) in [7, 11) is 0. The average Bonchev–Trinajstić information content (AvgIpc) is 2.63. The molecule has 0 atom stereocenters. The van der Waals surface area contributed by atoms with Crippen LogP contribution in [0.2, 0.25) is 10.0 Å². The maximum Gasteiger partial charge on any atom is 0.163 e. The van der Waals surface area contributed by atoms with Crippen LogP contribution < -0.4 is 4.90 Å². The van der Waals surface area contributed by atoms with Crippen LogP contribution in [0.1, 0.15) is 24.1 Å². The lowest BCUT2D eigenvalue weighted by Gasteiger charge is -2.32. The van der Waals surface area contributed by atoms with Crippen molar-refractivity contribution in [3.63, 3.8) is 0 Å². The molecular weight excluding hydrogens is 347 g/mol. The first kappa shape index (κ1) is 17.0. The maximum absolute atomic E-state index is 8.76. The third-order valence-corrected chi connectivity index (χ3v) is 4.74. The lowest BCUT2D eigenvalue weighted by Crippen LogP contribution is -2.37. The first-order valence-corrected chi connectivity index (χ1v) is 8.45. The van der Waals surface area contributed by atoms with Gasteiger partial charge < -0.3 is 9.64 Å². The molecule has 124 valence electrons. The van der Waals surface area contributed by atoms with E-state index in [0.717, 1.165) is 37.3 Å². The van der Waals surface area contributed by atoms with Gasteiger partial charge in [-0.1, -0.05) is 29.3 Å². The summed E-state index contributed by atoms with van der Waals surface area (Å²) in [6, 6.07) is 11.1. The number of anilines is 1. The first-order chi connectivity index (χ1) is 11.7. The normalized spacial score (nSPS) is 15.3. The number of halogens is 2. The number of nitriles is 1. The van der Waals surface area contributed by atoms with Crippen molar-refractivity contribution in [3.05, 3.63) is 51.6 Å². The summed E-state index contributed by atoms with van der Waals surface area (Å²) < 4.78 is 5.98. The van der Waals surface area contributed by atoms with Crippen LogP contribution in [0.5, 0.6) is 0 Å². The Labute approximate surface area is 150 Å². The summed E-state index contributed by atoms with van der Waals surface area (Å²) in [4.78, 5) is 2.16. The molecule has 1 aromatic carbocycles. The highest BCUT2D eigenvalue weighted by Gasteiger charge is 2.21. The van der Waals surface area contributed by atoms with Crippen molar-refractivity contribution in [1.82, 2.24) is 10.2 Å². The molecule has 2 heterocycles. The number of nitrogens with zero attached hydrogens (tertiary/aromatic N) is 4. The van der Waals surface area contributed by atoms with E-state index in [4.69, 9.17) is 33.2 Å². The SMILES string of the molecule is N#Cc1ccc(N2CCC(OCc3ccc(Cl)c(Cl)c3)CC2)nn1. The van der Waals surface area contributed by atoms with Crippen molar-refractivity contribution >= 4 is 29.0 Å². The van der Waals surface area contributed by atoms with Crippen LogP contribution in [0.25, 0.3) is 0 Å². The van der Waals surface area contributed by atoms with Gasteiger partial charge in [0.2, 0.25) is 0 Å². The van der Waals surface area contributed by atoms with Crippen LogP contribution in [-0.4, -0.2) is 29.4 Å². The molecule has 0 spiro atoms. The Kier molecular flexibility index (Phi) is 5.52. The van der Waals surface area contributed by atoms with Gasteiger partial charge in [-0.25, -0.2) is 0 Å². The maximum atomic E-state index is 8.76. The number of aromatic nitrogens is 2. The van der Waals surface area contributed by atoms with E-state index >= 15 is 0 Å². The molecule has 0 bridgehead atoms. The Hall–Kier alpha value is -1.87. The van der Waals surface area contributed by atoms with Crippen LogP contribution in [0.3, 0.4) is 0 Å². The van der Waals surface area contributed by atoms with E-state index in [-0.39, 0.29) is 6.10 Å². The van der Waals surface area contributed by atoms with E-state index < -0.39 is 0 Å². The second-order valence-electron chi connectivity index (χ2n) is 5.63. The minimum atomic E-state index is 0.210. The molecule has 24 heavy (non-hydrogen) atoms. The third kappa shape index (κ3) is 4.15. The van der Waals surface area contributed by atoms with Gasteiger partial charge in [0.25, 0.3) is 0 Å². The zero-order valence-electron chi connectivity index (χ0n) is 13.0. The molecule has 2 aromatic rings. The quantitative estimate of drug-likeness (QED) is 0.826. The molecule has 1 saturated heterocycles. The molecule has 0 N–H and O–H groups in total. The Morgan fingerprint density at radius 3 is 2.54 bits per heavy atom. The number of hydrogen-bond acceptors (Lipinski definition) is 5. The van der Waals surface area contributed by atoms with Crippen molar-refractivity contribution < 1.29 is 4.74 Å². The van der Waals surface area contributed by atoms with Crippen molar-refractivity contribution in [2.45, 2.75) is 25.6 Å². The van der Waals surface area contributed by atoms with E-state index in [0.29, 0.717) is 22.3 Å². The van der Waals surface area contributed by atoms with E-state index in [1.807, 2.05) is 24.3 Å². The molecule has 7 heteroatoms. The largest absolute Gasteiger partial charge is 0.373 e. The van der Waals surface area contributed by atoms with Crippen LogP contribution in [0.4, 0.5) is 5.82 Å². The highest BCUT2D eigenvalue weighted by molar-refractivity contribution is 6.42. The van der Waals surface area contributed by atoms with Gasteiger partial charge in [0.05, 0.1) is 22.8 Å². The van der Waals surface area contributed by atoms with Gasteiger partial charge in [0.1, 0.15) is 6.07 Å². The predicted molar refractivity (Wildman–Crippen MR) is 93.2 cm³/mol. The molecule has 0 unspecified atom stereocenters. The van der Waals surface area contributed by atoms with E-state index in [2.05, 4.69) is 15.1 Å². The third-order valence-electron chi connectivity index (χ3n) is 4.00. The minimum Gasteiger partial charge on any atom is -0.373 e. The highest BCUT2D eigenvalue weighted by Crippen LogP contribution is 2.24. The molecule has 5 nitrogen and oxygen atoms in total. The monoisotopic (exact) mass is 362 g/mol. The van der Waals surface area contributed by atoms with E-state index in [1.165, 1.54) is 0 Å². The lowest BCUT2D eigenvalue weighted by molar-refractivity contribution is 0.0250. The summed E-state index contributed by atoms with van der Waals surface area (Å²) in [6.45, 7) is 2.23. The molecular formula is C17H16Cl2N4O. The minimum absolute atomic E-state index is 0.210. The fraction of sp³-hybridized carbons (Fsp3) is 0.353. The molecule has 1 aliphatic rings. The second-order valence-corrected chi connectivity index (χ2v) is 6.45. The fourth-order valence-electron chi connectivity index (χ4n) is 2.65. The van der Waals surface area contributed by atoms with Crippen LogP contribution in [0.15, 0.2) is 30.3 Å². The summed E-state index contributed by atoms with van der Waals surface area (Å²) >= 11 is 11.9. The lowest BCUT2D eigenvalue weighted by atomic mass is 10.1. The average molecular weight is 363 g/mol. The summed E-state index contributed by atoms with van der Waals surface area (Å²) in [5, 5.41) is 17.8. The Morgan fingerprint density at radius 2 is 1.92 bits per heavy atom. The first-order valence-electron chi connectivity index (χ1n) is 7.70. The molecule has 0 radical (unpaired) electrons. The Balaban J connectivity index is 1.49. The van der Waals surface area contributed by atoms with Crippen molar-refractivity contribution in [2.24, 2.45) is 0 Å². The van der Waals surface area contributed by atoms with E-state index in [9.17, 15) is 0 Å². The zero-order chi connectivity index (χ0) is 16.9. The van der Waals surface area contributed by atoms with Gasteiger partial charge in [-0.05, 0) is 42.7 Å². The molecule has 0 aliphatic carbocycles. The summed E-state index contributed by atoms with van der Waals surface area (Å²) in [5.74, 6) is 0.803. The van der Waals surface area contributed by atoms with Gasteiger partial charge in [0, 0.05) is 13.1 Å². The topological polar surface area (TPSA) is 62.0 Å². The number of benzene rings is 1. The number of ether oxygens (including phenoxy) is 1. The standard InChI is InChI=1S/C17H16Cl2N4O/c18-15-3-1-12(9-16(15)19)11-24-14-5-7-23(8-6-14)17-4-2-13(10-20)21-22-17/h1-4,9,14H,5-8,11H2. The second kappa shape index (κ2) is 7.80. The Morgan fingerprint density at radius 1 is 1.12 bits per heavy atom. The molecule has 1 aliphatic heterocycles. The van der Waals surface area contributed by atoms with Gasteiger partial charge in [0.15, 0.2) is 11.5 Å². The number of hydrogen-bond donors (Lipinski definition) is 0. The zero-order valence-corrected chi connectivity index (χ0v) is 14.5. The molecule has 1 fully saturated rings. The van der Waals surface area contributed by atoms with Gasteiger partial charge in [-0.2, -0.15) is 5.26 Å². The summed E-state index contributed by atoms with van der Waals surface area (Å²) in [6.07, 6.45) is 2.05. The van der Waals surface area contributed by atoms with Crippen molar-refractivity contribution in [1.29, 1.82) is 5.26 Å². The summed E-state index contributed by atoms with van der Waals surface area (Å²) in [5.41, 5.74) is 1.35. The van der Waals surface area contributed by atoms with Gasteiger partial charge >= 0.3 is 0 Å². The molecule has 0 saturated carbocycles. The van der Waals surface area contributed by atoms with Gasteiger partial charge in [-0.3, -0.25) is 0 Å². The van der Waals surface area contributed by atoms with Crippen molar-refractivity contribution in [2.75, 3.05) is 18.0 Å². The van der Waals surface area contributed by atoms with Gasteiger partial charge in [-0.15, -0.1) is 10.2 Å². The molecule has 1 aromatic heterocycles. The number of rotatable bonds is 4. The number of piperidine rings is 1. The highest BCUT2D eigenvalue weighted by atomic mass is 35.5. The van der Waals surface area contributed by atoms with Crippen molar-refractivity contribution in [3.8, 4) is 6.07 Å². The molecule has 3 rings (SSSR count). The smallest absolute Gasteiger partial charge is 0.163 e. The Bertz CT molecular complexity index is 737. The van der Waals surface area contributed by atoms with Crippen LogP contribution in [-0.2, 0) is 11.3 Å². The van der Waals surface area contributed by atoms with E-state index in [1.54, 1.807) is 12.1 Å². The predicted octanol–water partition coefficient (Wildman–Crippen LogP) is 3.84. The van der Waals surface area contributed by atoms with Crippen LogP contribution in [0, 0.1) is 11.3 Å².